The van der Waals surface area contributed by atoms with Gasteiger partial charge in [0.25, 0.3) is 5.69 Å². The molecule has 3 N–H and O–H groups in total. The summed E-state index contributed by atoms with van der Waals surface area (Å²) in [5, 5.41) is 18.0. The predicted molar refractivity (Wildman–Crippen MR) is 75.0 cm³/mol. The molecule has 0 saturated carbocycles. The van der Waals surface area contributed by atoms with Crippen molar-refractivity contribution in [3.05, 3.63) is 52.2 Å². The highest BCUT2D eigenvalue weighted by molar-refractivity contribution is 5.94. The van der Waals surface area contributed by atoms with Crippen LogP contribution in [0.3, 0.4) is 0 Å². The lowest BCUT2D eigenvalue weighted by Gasteiger charge is -2.09. The largest absolute Gasteiger partial charge is 0.493 e. The second kappa shape index (κ2) is 5.87. The monoisotopic (exact) mass is 288 g/mol. The van der Waals surface area contributed by atoms with Crippen molar-refractivity contribution in [3.8, 4) is 17.4 Å². The van der Waals surface area contributed by atoms with E-state index in [1.807, 2.05) is 0 Å². The highest BCUT2D eigenvalue weighted by atomic mass is 16.6. The van der Waals surface area contributed by atoms with Gasteiger partial charge < -0.3 is 15.2 Å². The van der Waals surface area contributed by atoms with E-state index < -0.39 is 4.92 Å². The highest BCUT2D eigenvalue weighted by Gasteiger charge is 2.13. The van der Waals surface area contributed by atoms with Crippen LogP contribution in [0.4, 0.5) is 5.69 Å². The van der Waals surface area contributed by atoms with Crippen molar-refractivity contribution in [1.29, 1.82) is 5.41 Å². The fourth-order valence-corrected chi connectivity index (χ4v) is 1.57. The van der Waals surface area contributed by atoms with E-state index in [1.54, 1.807) is 6.07 Å². The molecule has 0 spiro atoms. The first-order valence-corrected chi connectivity index (χ1v) is 5.82. The number of aromatic nitrogens is 1. The van der Waals surface area contributed by atoms with E-state index in [0.29, 0.717) is 11.3 Å². The molecule has 0 fully saturated rings. The van der Waals surface area contributed by atoms with Gasteiger partial charge in [0.1, 0.15) is 5.84 Å². The lowest BCUT2D eigenvalue weighted by Crippen LogP contribution is -2.11. The molecule has 0 bridgehead atoms. The number of nitrogen functional groups attached to an aromatic ring is 1. The third kappa shape index (κ3) is 3.24. The number of methoxy groups -OCH3 is 1. The SMILES string of the molecule is COc1cc([N+](=O)[O-])ccc1Oc1ccc(C(=N)N)cn1. The summed E-state index contributed by atoms with van der Waals surface area (Å²) in [4.78, 5) is 14.2. The minimum absolute atomic E-state index is 0.0954. The number of ether oxygens (including phenoxy) is 2. The first-order chi connectivity index (χ1) is 10.0. The number of hydrogen-bond acceptors (Lipinski definition) is 6. The number of rotatable bonds is 5. The molecule has 0 aliphatic rings. The number of nitrogens with one attached hydrogen (secondary N) is 1. The standard InChI is InChI=1S/C13H12N4O4/c1-20-11-6-9(17(18)19)3-4-10(11)21-12-5-2-8(7-16-12)13(14)15/h2-7H,1H3,(H3,14,15). The molecule has 8 heteroatoms. The summed E-state index contributed by atoms with van der Waals surface area (Å²) in [5.74, 6) is 0.682. The van der Waals surface area contributed by atoms with Crippen molar-refractivity contribution in [1.82, 2.24) is 4.98 Å². The molecule has 1 aromatic carbocycles. The number of nitro benzene ring substituents is 1. The first-order valence-electron chi connectivity index (χ1n) is 5.82. The topological polar surface area (TPSA) is 124 Å². The summed E-state index contributed by atoms with van der Waals surface area (Å²) in [7, 11) is 1.39. The van der Waals surface area contributed by atoms with Crippen LogP contribution in [0.2, 0.25) is 0 Å². The van der Waals surface area contributed by atoms with Gasteiger partial charge in [-0.25, -0.2) is 4.98 Å². The Labute approximate surface area is 119 Å². The molecule has 108 valence electrons. The Morgan fingerprint density at radius 1 is 1.33 bits per heavy atom. The zero-order chi connectivity index (χ0) is 15.4. The van der Waals surface area contributed by atoms with Crippen molar-refractivity contribution in [2.45, 2.75) is 0 Å². The van der Waals surface area contributed by atoms with Crippen molar-refractivity contribution in [2.24, 2.45) is 5.73 Å². The number of nitrogens with two attached hydrogens (primary N) is 1. The van der Waals surface area contributed by atoms with Crippen molar-refractivity contribution >= 4 is 11.5 Å². The average Bonchev–Trinajstić information content (AvgIpc) is 2.48. The van der Waals surface area contributed by atoms with E-state index in [0.717, 1.165) is 0 Å². The van der Waals surface area contributed by atoms with Crippen LogP contribution in [0.25, 0.3) is 0 Å². The van der Waals surface area contributed by atoms with E-state index in [-0.39, 0.29) is 23.2 Å². The van der Waals surface area contributed by atoms with Gasteiger partial charge in [0.05, 0.1) is 18.1 Å². The Bertz CT molecular complexity index is 685. The molecule has 2 aromatic rings. The fourth-order valence-electron chi connectivity index (χ4n) is 1.57. The van der Waals surface area contributed by atoms with Gasteiger partial charge in [-0.1, -0.05) is 0 Å². The van der Waals surface area contributed by atoms with Crippen LogP contribution in [0, 0.1) is 15.5 Å². The van der Waals surface area contributed by atoms with Gasteiger partial charge >= 0.3 is 0 Å². The lowest BCUT2D eigenvalue weighted by atomic mass is 10.2. The third-order valence-corrected chi connectivity index (χ3v) is 2.62. The van der Waals surface area contributed by atoms with Gasteiger partial charge in [-0.2, -0.15) is 0 Å². The average molecular weight is 288 g/mol. The fraction of sp³-hybridized carbons (Fsp3) is 0.0769. The quantitative estimate of drug-likeness (QED) is 0.375. The molecular weight excluding hydrogens is 276 g/mol. The molecule has 0 radical (unpaired) electrons. The van der Waals surface area contributed by atoms with Gasteiger partial charge in [0.2, 0.25) is 5.88 Å². The third-order valence-electron chi connectivity index (χ3n) is 2.62. The molecule has 0 aliphatic heterocycles. The van der Waals surface area contributed by atoms with Gasteiger partial charge in [0, 0.05) is 23.9 Å². The number of hydrogen-bond donors (Lipinski definition) is 2. The van der Waals surface area contributed by atoms with Crippen LogP contribution < -0.4 is 15.2 Å². The van der Waals surface area contributed by atoms with Crippen LogP contribution in [0.15, 0.2) is 36.5 Å². The van der Waals surface area contributed by atoms with Crippen molar-refractivity contribution in [3.63, 3.8) is 0 Å². The van der Waals surface area contributed by atoms with Crippen LogP contribution >= 0.6 is 0 Å². The van der Waals surface area contributed by atoms with E-state index in [2.05, 4.69) is 4.98 Å². The number of pyridine rings is 1. The Kier molecular flexibility index (Phi) is 3.98. The summed E-state index contributed by atoms with van der Waals surface area (Å²) in [5.41, 5.74) is 5.70. The molecule has 21 heavy (non-hydrogen) atoms. The summed E-state index contributed by atoms with van der Waals surface area (Å²) in [6.07, 6.45) is 1.40. The van der Waals surface area contributed by atoms with E-state index in [9.17, 15) is 10.1 Å². The molecule has 0 atom stereocenters. The van der Waals surface area contributed by atoms with Crippen molar-refractivity contribution in [2.75, 3.05) is 7.11 Å². The zero-order valence-electron chi connectivity index (χ0n) is 11.1. The molecule has 8 nitrogen and oxygen atoms in total. The molecule has 0 unspecified atom stereocenters. The maximum atomic E-state index is 10.7. The number of nitrogens with zero attached hydrogens (tertiary/aromatic N) is 2. The molecule has 2 rings (SSSR count). The van der Waals surface area contributed by atoms with E-state index in [1.165, 1.54) is 37.6 Å². The van der Waals surface area contributed by atoms with Gasteiger partial charge in [-0.05, 0) is 12.1 Å². The Morgan fingerprint density at radius 3 is 2.62 bits per heavy atom. The maximum Gasteiger partial charge on any atom is 0.273 e. The normalized spacial score (nSPS) is 9.95. The van der Waals surface area contributed by atoms with Gasteiger partial charge in [-0.15, -0.1) is 0 Å². The molecule has 0 amide bonds. The van der Waals surface area contributed by atoms with Crippen LogP contribution in [0.1, 0.15) is 5.56 Å². The van der Waals surface area contributed by atoms with Crippen LogP contribution in [-0.2, 0) is 0 Å². The summed E-state index contributed by atoms with van der Waals surface area (Å²) < 4.78 is 10.6. The molecule has 1 aromatic heterocycles. The second-order valence-electron chi connectivity index (χ2n) is 3.99. The minimum atomic E-state index is -0.522. The second-order valence-corrected chi connectivity index (χ2v) is 3.99. The molecule has 0 saturated heterocycles. The molecule has 1 heterocycles. The predicted octanol–water partition coefficient (Wildman–Crippen LogP) is 2.07. The van der Waals surface area contributed by atoms with Gasteiger partial charge in [-0.3, -0.25) is 15.5 Å². The Morgan fingerprint density at radius 2 is 2.10 bits per heavy atom. The van der Waals surface area contributed by atoms with E-state index in [4.69, 9.17) is 20.6 Å². The Balaban J connectivity index is 2.26. The molecular formula is C13H12N4O4. The summed E-state index contributed by atoms with van der Waals surface area (Å²) in [6, 6.07) is 7.12. The summed E-state index contributed by atoms with van der Waals surface area (Å²) >= 11 is 0. The maximum absolute atomic E-state index is 10.7. The summed E-state index contributed by atoms with van der Waals surface area (Å²) in [6.45, 7) is 0. The first kappa shape index (κ1) is 14.3. The number of nitro groups is 1. The van der Waals surface area contributed by atoms with E-state index >= 15 is 0 Å². The smallest absolute Gasteiger partial charge is 0.273 e. The Hall–Kier alpha value is -3.16. The zero-order valence-corrected chi connectivity index (χ0v) is 11.1. The number of benzene rings is 1. The highest BCUT2D eigenvalue weighted by Crippen LogP contribution is 2.33. The number of non-ortho nitro benzene ring substituents is 1. The molecule has 0 aliphatic carbocycles. The lowest BCUT2D eigenvalue weighted by molar-refractivity contribution is -0.384. The van der Waals surface area contributed by atoms with Gasteiger partial charge in [0.15, 0.2) is 11.5 Å². The van der Waals surface area contributed by atoms with Crippen molar-refractivity contribution < 1.29 is 14.4 Å². The van der Waals surface area contributed by atoms with Crippen LogP contribution in [-0.4, -0.2) is 22.9 Å². The minimum Gasteiger partial charge on any atom is -0.493 e. The number of amidine groups is 1. The van der Waals surface area contributed by atoms with Crippen LogP contribution in [0.5, 0.6) is 17.4 Å².